The van der Waals surface area contributed by atoms with E-state index in [0.717, 1.165) is 12.1 Å². The maximum Gasteiger partial charge on any atom is 0.337 e. The van der Waals surface area contributed by atoms with Crippen molar-refractivity contribution in [1.29, 1.82) is 0 Å². The van der Waals surface area contributed by atoms with Crippen molar-refractivity contribution in [2.45, 2.75) is 0 Å². The fourth-order valence-corrected chi connectivity index (χ4v) is 0.965. The molecule has 1 radical (unpaired) electrons. The van der Waals surface area contributed by atoms with Gasteiger partial charge in [-0.05, 0) is 12.1 Å². The van der Waals surface area contributed by atoms with E-state index in [0.29, 0.717) is 0 Å². The number of aromatic carboxylic acids is 3. The van der Waals surface area contributed by atoms with Gasteiger partial charge in [0, 0.05) is 6.07 Å². The molecule has 0 aliphatic rings. The van der Waals surface area contributed by atoms with Gasteiger partial charge in [0.1, 0.15) is 0 Å². The second-order valence-corrected chi connectivity index (χ2v) is 2.58. The summed E-state index contributed by atoms with van der Waals surface area (Å²) in [5.74, 6) is -4.34. The molecular formula is C9H5O6. The molecule has 0 saturated carbocycles. The predicted octanol–water partition coefficient (Wildman–Crippen LogP) is 0.581. The van der Waals surface area contributed by atoms with Crippen LogP contribution in [-0.2, 0) is 0 Å². The Balaban J connectivity index is 3.40. The van der Waals surface area contributed by atoms with E-state index in [2.05, 4.69) is 0 Å². The summed E-state index contributed by atoms with van der Waals surface area (Å²) >= 11 is 0. The van der Waals surface area contributed by atoms with Gasteiger partial charge < -0.3 is 15.3 Å². The summed E-state index contributed by atoms with van der Waals surface area (Å²) in [5.41, 5.74) is -1.55. The zero-order valence-electron chi connectivity index (χ0n) is 7.22. The van der Waals surface area contributed by atoms with Gasteiger partial charge in [0.15, 0.2) is 0 Å². The molecule has 6 nitrogen and oxygen atoms in total. The lowest BCUT2D eigenvalue weighted by Gasteiger charge is -2.01. The number of hydrogen-bond acceptors (Lipinski definition) is 3. The summed E-state index contributed by atoms with van der Waals surface area (Å²) in [7, 11) is 0. The summed E-state index contributed by atoms with van der Waals surface area (Å²) in [6.45, 7) is 0. The highest BCUT2D eigenvalue weighted by Crippen LogP contribution is 2.11. The second-order valence-electron chi connectivity index (χ2n) is 2.58. The Labute approximate surface area is 83.4 Å². The summed E-state index contributed by atoms with van der Waals surface area (Å²) in [5, 5.41) is 25.8. The predicted molar refractivity (Wildman–Crippen MR) is 46.2 cm³/mol. The number of carboxylic acid groups (broad SMARTS) is 3. The molecule has 1 aromatic rings. The van der Waals surface area contributed by atoms with Crippen molar-refractivity contribution in [3.63, 3.8) is 0 Å². The van der Waals surface area contributed by atoms with Crippen molar-refractivity contribution in [2.75, 3.05) is 0 Å². The first kappa shape index (κ1) is 10.7. The van der Waals surface area contributed by atoms with Crippen LogP contribution in [0.3, 0.4) is 0 Å². The topological polar surface area (TPSA) is 112 Å². The van der Waals surface area contributed by atoms with E-state index >= 15 is 0 Å². The second kappa shape index (κ2) is 3.79. The summed E-state index contributed by atoms with van der Waals surface area (Å²) in [6.07, 6.45) is 0. The van der Waals surface area contributed by atoms with Gasteiger partial charge in [0.05, 0.1) is 16.7 Å². The van der Waals surface area contributed by atoms with Crippen LogP contribution in [0, 0.1) is 6.07 Å². The zero-order chi connectivity index (χ0) is 11.6. The molecule has 0 amide bonds. The molecule has 6 heteroatoms. The third kappa shape index (κ3) is 2.11. The van der Waals surface area contributed by atoms with Crippen molar-refractivity contribution < 1.29 is 29.7 Å². The van der Waals surface area contributed by atoms with Gasteiger partial charge in [-0.1, -0.05) is 0 Å². The first-order valence-electron chi connectivity index (χ1n) is 3.69. The number of hydrogen-bond donors (Lipinski definition) is 3. The van der Waals surface area contributed by atoms with Crippen LogP contribution in [0.25, 0.3) is 0 Å². The van der Waals surface area contributed by atoms with Crippen LogP contribution in [0.5, 0.6) is 0 Å². The van der Waals surface area contributed by atoms with Crippen LogP contribution in [0.2, 0.25) is 0 Å². The first-order valence-corrected chi connectivity index (χ1v) is 3.69. The van der Waals surface area contributed by atoms with E-state index in [1.165, 1.54) is 0 Å². The van der Waals surface area contributed by atoms with Crippen molar-refractivity contribution >= 4 is 17.9 Å². The first-order chi connectivity index (χ1) is 6.93. The molecule has 0 aliphatic heterocycles. The standard InChI is InChI=1S/C9H5O6/c10-7(11)4-1-2-5(8(12)13)6(3-4)9(14)15/h1-2H,(H,10,11)(H,12,13)(H,14,15). The Hall–Kier alpha value is -2.37. The molecule has 3 N–H and O–H groups in total. The Bertz CT molecular complexity index is 448. The number of carboxylic acids is 3. The fourth-order valence-electron chi connectivity index (χ4n) is 0.965. The average Bonchev–Trinajstić information content (AvgIpc) is 2.16. The molecule has 0 bridgehead atoms. The largest absolute Gasteiger partial charge is 0.478 e. The molecule has 0 spiro atoms. The minimum atomic E-state index is -1.53. The van der Waals surface area contributed by atoms with E-state index < -0.39 is 34.6 Å². The van der Waals surface area contributed by atoms with Gasteiger partial charge in [-0.2, -0.15) is 0 Å². The molecule has 0 aliphatic carbocycles. The smallest absolute Gasteiger partial charge is 0.337 e. The maximum atomic E-state index is 10.6. The Kier molecular flexibility index (Phi) is 2.70. The highest BCUT2D eigenvalue weighted by Gasteiger charge is 2.18. The quantitative estimate of drug-likeness (QED) is 0.671. The van der Waals surface area contributed by atoms with Gasteiger partial charge in [0.2, 0.25) is 0 Å². The Morgan fingerprint density at radius 3 is 1.93 bits per heavy atom. The van der Waals surface area contributed by atoms with Crippen LogP contribution in [0.15, 0.2) is 12.1 Å². The van der Waals surface area contributed by atoms with E-state index in [1.807, 2.05) is 6.07 Å². The van der Waals surface area contributed by atoms with Crippen molar-refractivity contribution in [1.82, 2.24) is 0 Å². The zero-order valence-corrected chi connectivity index (χ0v) is 7.22. The molecule has 1 aromatic carbocycles. The van der Waals surface area contributed by atoms with E-state index in [9.17, 15) is 14.4 Å². The van der Waals surface area contributed by atoms with Crippen molar-refractivity contribution in [3.05, 3.63) is 34.9 Å². The molecule has 0 saturated heterocycles. The van der Waals surface area contributed by atoms with Gasteiger partial charge >= 0.3 is 17.9 Å². The molecular weight excluding hydrogens is 204 g/mol. The fraction of sp³-hybridized carbons (Fsp3) is 0. The number of benzene rings is 1. The lowest BCUT2D eigenvalue weighted by molar-refractivity contribution is 0.0649. The maximum absolute atomic E-state index is 10.6. The van der Waals surface area contributed by atoms with Gasteiger partial charge in [-0.15, -0.1) is 0 Å². The third-order valence-corrected chi connectivity index (χ3v) is 1.62. The van der Waals surface area contributed by atoms with Crippen LogP contribution in [0.4, 0.5) is 0 Å². The summed E-state index contributed by atoms with van der Waals surface area (Å²) in [4.78, 5) is 31.7. The minimum Gasteiger partial charge on any atom is -0.478 e. The molecule has 0 unspecified atom stereocenters. The van der Waals surface area contributed by atoms with Crippen molar-refractivity contribution in [3.8, 4) is 0 Å². The van der Waals surface area contributed by atoms with Crippen LogP contribution in [-0.4, -0.2) is 33.2 Å². The molecule has 15 heavy (non-hydrogen) atoms. The highest BCUT2D eigenvalue weighted by molar-refractivity contribution is 6.03. The van der Waals surface area contributed by atoms with E-state index in [4.69, 9.17) is 15.3 Å². The van der Waals surface area contributed by atoms with Gasteiger partial charge in [-0.25, -0.2) is 14.4 Å². The van der Waals surface area contributed by atoms with E-state index in [-0.39, 0.29) is 0 Å². The highest BCUT2D eigenvalue weighted by atomic mass is 16.4. The SMILES string of the molecule is O=C(O)c1[c]c(C(=O)O)c(C(=O)O)cc1. The van der Waals surface area contributed by atoms with Crippen LogP contribution < -0.4 is 0 Å². The Morgan fingerprint density at radius 2 is 1.53 bits per heavy atom. The van der Waals surface area contributed by atoms with Gasteiger partial charge in [0.25, 0.3) is 0 Å². The average molecular weight is 209 g/mol. The number of rotatable bonds is 3. The molecule has 1 rings (SSSR count). The molecule has 0 fully saturated rings. The lowest BCUT2D eigenvalue weighted by Crippen LogP contribution is -2.10. The molecule has 0 heterocycles. The van der Waals surface area contributed by atoms with E-state index in [1.54, 1.807) is 0 Å². The van der Waals surface area contributed by atoms with Crippen molar-refractivity contribution in [2.24, 2.45) is 0 Å². The molecule has 77 valence electrons. The monoisotopic (exact) mass is 209 g/mol. The summed E-state index contributed by atoms with van der Waals surface area (Å²) < 4.78 is 0. The summed E-state index contributed by atoms with van der Waals surface area (Å²) in [6, 6.07) is 3.92. The minimum absolute atomic E-state index is 0.391. The van der Waals surface area contributed by atoms with Gasteiger partial charge in [-0.3, -0.25) is 0 Å². The lowest BCUT2D eigenvalue weighted by atomic mass is 10.0. The normalized spacial score (nSPS) is 9.60. The Morgan fingerprint density at radius 1 is 0.933 bits per heavy atom. The van der Waals surface area contributed by atoms with Crippen LogP contribution in [0.1, 0.15) is 31.1 Å². The molecule has 0 aromatic heterocycles. The molecule has 0 atom stereocenters. The number of carbonyl (C=O) groups is 3. The third-order valence-electron chi connectivity index (χ3n) is 1.62. The van der Waals surface area contributed by atoms with Crippen LogP contribution >= 0.6 is 0 Å².